The minimum absolute atomic E-state index is 0.137. The van der Waals surface area contributed by atoms with E-state index in [0.717, 1.165) is 11.3 Å². The maximum absolute atomic E-state index is 12.3. The van der Waals surface area contributed by atoms with Gasteiger partial charge in [-0.05, 0) is 11.4 Å². The van der Waals surface area contributed by atoms with Crippen LogP contribution >= 0.6 is 11.3 Å². The van der Waals surface area contributed by atoms with Crippen LogP contribution in [0.4, 0.5) is 26.3 Å². The van der Waals surface area contributed by atoms with Gasteiger partial charge in [-0.15, -0.1) is 11.3 Å². The zero-order valence-corrected chi connectivity index (χ0v) is 11.7. The van der Waals surface area contributed by atoms with Crippen molar-refractivity contribution < 1.29 is 50.5 Å². The number of hydrogen-bond acceptors (Lipinski definition) is 6. The Balaban J connectivity index is 2.59. The van der Waals surface area contributed by atoms with Crippen LogP contribution < -0.4 is 0 Å². The predicted octanol–water partition coefficient (Wildman–Crippen LogP) is 2.30. The van der Waals surface area contributed by atoms with E-state index in [9.17, 15) is 35.9 Å². The van der Waals surface area contributed by atoms with Crippen molar-refractivity contribution in [1.82, 2.24) is 0 Å². The highest BCUT2D eigenvalue weighted by Gasteiger charge is 2.76. The molecule has 12 heteroatoms. The first kappa shape index (κ1) is 19.2. The zero-order valence-electron chi connectivity index (χ0n) is 10.9. The Labute approximate surface area is 128 Å². The van der Waals surface area contributed by atoms with Gasteiger partial charge in [-0.3, -0.25) is 0 Å². The van der Waals surface area contributed by atoms with Gasteiger partial charge in [-0.1, -0.05) is 6.07 Å². The fraction of sp³-hybridized carbons (Fsp3) is 0.455. The Kier molecular flexibility index (Phi) is 5.64. The minimum Gasteiger partial charge on any atom is -0.459 e. The number of ether oxygens (including phenoxy) is 2. The molecular formula is C11H8F6O5S. The van der Waals surface area contributed by atoms with Gasteiger partial charge >= 0.3 is 29.9 Å². The molecule has 0 aromatic carbocycles. The second-order valence-electron chi connectivity index (χ2n) is 3.96. The molecule has 1 N–H and O–H groups in total. The van der Waals surface area contributed by atoms with Crippen LogP contribution in [0, 0.1) is 0 Å². The smallest absolute Gasteiger partial charge is 0.437 e. The van der Waals surface area contributed by atoms with E-state index in [2.05, 4.69) is 9.47 Å². The Hall–Kier alpha value is -1.82. The molecule has 0 saturated carbocycles. The molecular weight excluding hydrogens is 358 g/mol. The number of thiophene rings is 1. The van der Waals surface area contributed by atoms with Crippen molar-refractivity contribution in [3.8, 4) is 0 Å². The van der Waals surface area contributed by atoms with Crippen molar-refractivity contribution in [2.75, 3.05) is 13.2 Å². The van der Waals surface area contributed by atoms with E-state index < -0.39 is 43.1 Å². The number of hydrogen-bond donors (Lipinski definition) is 1. The second kappa shape index (κ2) is 6.74. The molecule has 23 heavy (non-hydrogen) atoms. The molecule has 1 heterocycles. The van der Waals surface area contributed by atoms with Crippen molar-refractivity contribution in [2.45, 2.75) is 18.0 Å². The SMILES string of the molecule is O=C(OCCOC(=O)C(O)(C(F)(F)F)C(F)(F)F)c1cccs1. The third kappa shape index (κ3) is 4.13. The van der Waals surface area contributed by atoms with Gasteiger partial charge in [0.1, 0.15) is 18.1 Å². The zero-order chi connectivity index (χ0) is 17.9. The number of halogens is 6. The summed E-state index contributed by atoms with van der Waals surface area (Å²) in [6.07, 6.45) is -12.6. The molecule has 0 spiro atoms. The van der Waals surface area contributed by atoms with Gasteiger partial charge in [0.2, 0.25) is 0 Å². The summed E-state index contributed by atoms with van der Waals surface area (Å²) in [5, 5.41) is 10.2. The first-order valence-corrected chi connectivity index (χ1v) is 6.53. The lowest BCUT2D eigenvalue weighted by Gasteiger charge is -2.29. The highest BCUT2D eigenvalue weighted by Crippen LogP contribution is 2.43. The summed E-state index contributed by atoms with van der Waals surface area (Å²) in [4.78, 5) is 22.4. The summed E-state index contributed by atoms with van der Waals surface area (Å²) in [5.41, 5.74) is -5.65. The number of esters is 2. The summed E-state index contributed by atoms with van der Waals surface area (Å²) in [7, 11) is 0. The summed E-state index contributed by atoms with van der Waals surface area (Å²) in [5.74, 6) is -3.84. The highest BCUT2D eigenvalue weighted by atomic mass is 32.1. The monoisotopic (exact) mass is 366 g/mol. The molecule has 1 aromatic rings. The van der Waals surface area contributed by atoms with Crippen molar-refractivity contribution in [1.29, 1.82) is 0 Å². The number of carbonyl (C=O) groups is 2. The molecule has 0 atom stereocenters. The van der Waals surface area contributed by atoms with Gasteiger partial charge in [0, 0.05) is 0 Å². The van der Waals surface area contributed by atoms with Gasteiger partial charge in [0.25, 0.3) is 0 Å². The fourth-order valence-electron chi connectivity index (χ4n) is 1.23. The van der Waals surface area contributed by atoms with Crippen LogP contribution in [0.15, 0.2) is 17.5 Å². The van der Waals surface area contributed by atoms with E-state index >= 15 is 0 Å². The molecule has 0 aliphatic carbocycles. The minimum atomic E-state index is -6.32. The van der Waals surface area contributed by atoms with Gasteiger partial charge in [-0.25, -0.2) is 9.59 Å². The lowest BCUT2D eigenvalue weighted by Crippen LogP contribution is -2.63. The van der Waals surface area contributed by atoms with Crippen LogP contribution in [-0.4, -0.2) is 48.2 Å². The van der Waals surface area contributed by atoms with E-state index in [-0.39, 0.29) is 4.88 Å². The third-order valence-corrected chi connectivity index (χ3v) is 3.24. The number of rotatable bonds is 5. The van der Waals surface area contributed by atoms with Gasteiger partial charge in [-0.2, -0.15) is 26.3 Å². The summed E-state index contributed by atoms with van der Waals surface area (Å²) >= 11 is 0.987. The van der Waals surface area contributed by atoms with E-state index in [1.807, 2.05) is 0 Å². The topological polar surface area (TPSA) is 72.8 Å². The highest BCUT2D eigenvalue weighted by molar-refractivity contribution is 7.11. The first-order chi connectivity index (χ1) is 10.4. The largest absolute Gasteiger partial charge is 0.459 e. The Morgan fingerprint density at radius 1 is 1.04 bits per heavy atom. The molecule has 0 saturated heterocycles. The van der Waals surface area contributed by atoms with Crippen LogP contribution in [0.5, 0.6) is 0 Å². The van der Waals surface area contributed by atoms with E-state index in [1.165, 1.54) is 17.5 Å². The molecule has 0 bridgehead atoms. The van der Waals surface area contributed by atoms with Gasteiger partial charge in [0.15, 0.2) is 0 Å². The summed E-state index contributed by atoms with van der Waals surface area (Å²) < 4.78 is 82.1. The van der Waals surface area contributed by atoms with Crippen molar-refractivity contribution in [2.24, 2.45) is 0 Å². The molecule has 0 aliphatic heterocycles. The van der Waals surface area contributed by atoms with Crippen LogP contribution in [0.1, 0.15) is 9.67 Å². The van der Waals surface area contributed by atoms with Crippen LogP contribution in [0.3, 0.4) is 0 Å². The number of aliphatic hydroxyl groups is 1. The summed E-state index contributed by atoms with van der Waals surface area (Å²) in [6, 6.07) is 2.87. The quantitative estimate of drug-likeness (QED) is 0.492. The lowest BCUT2D eigenvalue weighted by atomic mass is 10.0. The number of carbonyl (C=O) groups excluding carboxylic acids is 2. The Morgan fingerprint density at radius 2 is 1.57 bits per heavy atom. The van der Waals surface area contributed by atoms with Crippen LogP contribution in [0.25, 0.3) is 0 Å². The summed E-state index contributed by atoms with van der Waals surface area (Å²) in [6.45, 7) is -1.88. The second-order valence-corrected chi connectivity index (χ2v) is 4.90. The Morgan fingerprint density at radius 3 is 2.00 bits per heavy atom. The molecule has 0 radical (unpaired) electrons. The first-order valence-electron chi connectivity index (χ1n) is 5.65. The van der Waals surface area contributed by atoms with E-state index in [0.29, 0.717) is 0 Å². The molecule has 130 valence electrons. The average Bonchev–Trinajstić information content (AvgIpc) is 2.93. The van der Waals surface area contributed by atoms with E-state index in [4.69, 9.17) is 5.11 Å². The average molecular weight is 366 g/mol. The molecule has 0 fully saturated rings. The molecule has 0 unspecified atom stereocenters. The van der Waals surface area contributed by atoms with Crippen LogP contribution in [-0.2, 0) is 14.3 Å². The molecule has 0 aliphatic rings. The molecule has 1 rings (SSSR count). The lowest BCUT2D eigenvalue weighted by molar-refractivity contribution is -0.357. The molecule has 0 amide bonds. The van der Waals surface area contributed by atoms with Gasteiger partial charge < -0.3 is 14.6 Å². The van der Waals surface area contributed by atoms with E-state index in [1.54, 1.807) is 0 Å². The molecule has 5 nitrogen and oxygen atoms in total. The number of alkyl halides is 6. The standard InChI is InChI=1S/C11H8F6O5S/c12-10(13,14)9(20,11(15,16)17)8(19)22-4-3-21-7(18)6-2-1-5-23-6/h1-2,5,20H,3-4H2. The molecule has 1 aromatic heterocycles. The maximum atomic E-state index is 12.3. The van der Waals surface area contributed by atoms with Crippen molar-refractivity contribution in [3.05, 3.63) is 22.4 Å². The van der Waals surface area contributed by atoms with Crippen molar-refractivity contribution in [3.63, 3.8) is 0 Å². The predicted molar refractivity (Wildman–Crippen MR) is 62.6 cm³/mol. The maximum Gasteiger partial charge on any atom is 0.437 e. The van der Waals surface area contributed by atoms with Crippen LogP contribution in [0.2, 0.25) is 0 Å². The Bertz CT molecular complexity index is 536. The third-order valence-electron chi connectivity index (χ3n) is 2.39. The normalized spacial score (nSPS) is 12.8. The van der Waals surface area contributed by atoms with Crippen molar-refractivity contribution >= 4 is 23.3 Å². The van der Waals surface area contributed by atoms with Gasteiger partial charge in [0.05, 0.1) is 0 Å². The fourth-order valence-corrected chi connectivity index (χ4v) is 1.85.